The molecule has 0 amide bonds. The van der Waals surface area contributed by atoms with Crippen molar-refractivity contribution in [2.75, 3.05) is 5.88 Å². The lowest BCUT2D eigenvalue weighted by Gasteiger charge is -2.59. The van der Waals surface area contributed by atoms with Crippen LogP contribution < -0.4 is 0 Å². The van der Waals surface area contributed by atoms with E-state index in [4.69, 9.17) is 33.4 Å². The molecule has 4 aliphatic rings. The monoisotopic (exact) mass is 745 g/mol. The third-order valence-electron chi connectivity index (χ3n) is 11.8. The number of carbonyl (C=O) groups excluding carboxylic acids is 3. The van der Waals surface area contributed by atoms with Crippen LogP contribution in [-0.2, 0) is 30.4 Å². The van der Waals surface area contributed by atoms with Gasteiger partial charge in [-0.05, 0) is 99.9 Å². The van der Waals surface area contributed by atoms with Gasteiger partial charge in [0.15, 0.2) is 23.0 Å². The van der Waals surface area contributed by atoms with E-state index < -0.39 is 57.4 Å². The number of carbonyl (C=O) groups is 5. The lowest BCUT2D eigenvalue weighted by Crippen LogP contribution is -2.68. The molecule has 6 rings (SSSR count). The fourth-order valence-corrected chi connectivity index (χ4v) is 9.46. The molecule has 3 fully saturated rings. The Labute approximate surface area is 307 Å². The topological polar surface area (TPSA) is 151 Å². The minimum absolute atomic E-state index is 0.0489. The molecule has 51 heavy (non-hydrogen) atoms. The predicted octanol–water partition coefficient (Wildman–Crippen LogP) is 7.21. The summed E-state index contributed by atoms with van der Waals surface area (Å²) in [4.78, 5) is 58.0. The van der Waals surface area contributed by atoms with Gasteiger partial charge in [0.2, 0.25) is 0 Å². The van der Waals surface area contributed by atoms with Crippen LogP contribution in [0.2, 0.25) is 5.02 Å². The number of alkyl halides is 2. The summed E-state index contributed by atoms with van der Waals surface area (Å²) in [6.45, 7) is 10.7. The number of aliphatic carboxylic acids is 2. The van der Waals surface area contributed by atoms with Gasteiger partial charge in [0.25, 0.3) is 0 Å². The standard InChI is InChI=1S/C22H26ClFO4.C14H14ClNO2.C3H6O2/c1-12-8-16-15-5-4-13-9-14(25)6-7-19(13,2)21(15,24)17(26)10-20(16,3)22(12,28)18(27)11-23;1-9-7-11(8-14(17)18)10(2)16(9)13-5-3-12(15)4-6-13;1-2-3(4)5/h6-7,9,12,15-16,28H,4-5,8,10-11H2,1-3H3;3-7H,8H2,1-2H3,(H,17,18);2H2,1H3,(H,4,5)/t12-,15-,16-,19-,20-,21-,22-;;/m0../s1. The summed E-state index contributed by atoms with van der Waals surface area (Å²) >= 11 is 11.7. The van der Waals surface area contributed by atoms with Crippen molar-refractivity contribution in [1.82, 2.24) is 4.57 Å². The van der Waals surface area contributed by atoms with Crippen molar-refractivity contribution in [2.24, 2.45) is 28.6 Å². The van der Waals surface area contributed by atoms with Crippen molar-refractivity contribution in [3.05, 3.63) is 76.1 Å². The Hall–Kier alpha value is -3.60. The fourth-order valence-electron chi connectivity index (χ4n) is 9.13. The summed E-state index contributed by atoms with van der Waals surface area (Å²) in [7, 11) is 0. The number of rotatable bonds is 6. The minimum atomic E-state index is -2.15. The van der Waals surface area contributed by atoms with E-state index in [1.165, 1.54) is 12.2 Å². The molecule has 276 valence electrons. The molecule has 3 N–H and O–H groups in total. The Morgan fingerprint density at radius 3 is 2.20 bits per heavy atom. The quantitative estimate of drug-likeness (QED) is 0.263. The van der Waals surface area contributed by atoms with Gasteiger partial charge in [-0.15, -0.1) is 11.6 Å². The largest absolute Gasteiger partial charge is 0.481 e. The number of allylic oxidation sites excluding steroid dienone is 4. The summed E-state index contributed by atoms with van der Waals surface area (Å²) < 4.78 is 18.8. The first-order chi connectivity index (χ1) is 23.7. The van der Waals surface area contributed by atoms with Crippen LogP contribution in [0.5, 0.6) is 0 Å². The van der Waals surface area contributed by atoms with Gasteiger partial charge in [0.1, 0.15) is 5.60 Å². The van der Waals surface area contributed by atoms with Gasteiger partial charge in [0.05, 0.1) is 12.3 Å². The number of hydrogen-bond acceptors (Lipinski definition) is 6. The average molecular weight is 747 g/mol. The van der Waals surface area contributed by atoms with Crippen LogP contribution in [0.25, 0.3) is 5.69 Å². The van der Waals surface area contributed by atoms with Gasteiger partial charge in [-0.3, -0.25) is 24.0 Å². The number of halogens is 3. The number of fused-ring (bicyclic) bond motifs is 5. The second kappa shape index (κ2) is 14.8. The average Bonchev–Trinajstić information content (AvgIpc) is 3.45. The van der Waals surface area contributed by atoms with E-state index in [1.807, 2.05) is 48.7 Å². The molecular weight excluding hydrogens is 700 g/mol. The minimum Gasteiger partial charge on any atom is -0.481 e. The Balaban J connectivity index is 0.000000217. The summed E-state index contributed by atoms with van der Waals surface area (Å²) in [5.74, 6) is -4.48. The molecule has 1 aromatic carbocycles. The zero-order valence-electron chi connectivity index (χ0n) is 29.8. The van der Waals surface area contributed by atoms with Crippen LogP contribution in [-0.4, -0.2) is 66.3 Å². The Kier molecular flexibility index (Phi) is 11.7. The van der Waals surface area contributed by atoms with E-state index in [0.29, 0.717) is 29.9 Å². The second-order valence-electron chi connectivity index (χ2n) is 14.6. The molecule has 0 radical (unpaired) electrons. The first kappa shape index (κ1) is 40.2. The van der Waals surface area contributed by atoms with Crippen molar-refractivity contribution >= 4 is 52.5 Å². The molecule has 0 bridgehead atoms. The number of Topliss-reactive ketones (excluding diaryl/α,β-unsaturated/α-hetero) is 2. The number of aromatic nitrogens is 1. The Morgan fingerprint density at radius 2 is 1.65 bits per heavy atom. The normalized spacial score (nSPS) is 31.9. The molecule has 1 aromatic heterocycles. The zero-order chi connectivity index (χ0) is 38.3. The number of aliphatic hydroxyl groups is 1. The highest BCUT2D eigenvalue weighted by Gasteiger charge is 2.75. The van der Waals surface area contributed by atoms with Crippen molar-refractivity contribution in [1.29, 1.82) is 0 Å². The van der Waals surface area contributed by atoms with Gasteiger partial charge in [-0.1, -0.05) is 44.0 Å². The van der Waals surface area contributed by atoms with Crippen LogP contribution in [0.4, 0.5) is 4.39 Å². The Bertz CT molecular complexity index is 1800. The third-order valence-corrected chi connectivity index (χ3v) is 12.3. The van der Waals surface area contributed by atoms with Crippen molar-refractivity contribution in [3.63, 3.8) is 0 Å². The lowest BCUT2D eigenvalue weighted by atomic mass is 9.45. The predicted molar refractivity (Wildman–Crippen MR) is 192 cm³/mol. The maximum Gasteiger partial charge on any atom is 0.307 e. The molecule has 0 aliphatic heterocycles. The maximum atomic E-state index is 16.8. The molecular formula is C39H46Cl2FNO8. The van der Waals surface area contributed by atoms with E-state index in [0.717, 1.165) is 22.6 Å². The number of hydrogen-bond donors (Lipinski definition) is 3. The number of carboxylic acid groups (broad SMARTS) is 2. The number of aryl methyl sites for hydroxylation is 1. The SMILES string of the molecule is CCC(=O)O.C[C@H]1C[C@H]2[C@@H]3CCC4=CC(=O)C=C[C@]4(C)[C@@]3(F)C(=O)C[C@]2(C)[C@@]1(O)C(=O)CCl.Cc1cc(CC(=O)O)c(C)n1-c1ccc(Cl)cc1. The number of ketones is 3. The highest BCUT2D eigenvalue weighted by molar-refractivity contribution is 6.30. The van der Waals surface area contributed by atoms with E-state index >= 15 is 4.39 Å². The van der Waals surface area contributed by atoms with Crippen molar-refractivity contribution < 1.29 is 43.7 Å². The first-order valence-corrected chi connectivity index (χ1v) is 18.0. The van der Waals surface area contributed by atoms with Gasteiger partial charge in [-0.25, -0.2) is 4.39 Å². The number of carboxylic acids is 2. The Morgan fingerprint density at radius 1 is 1.04 bits per heavy atom. The van der Waals surface area contributed by atoms with E-state index in [2.05, 4.69) is 0 Å². The van der Waals surface area contributed by atoms with Crippen LogP contribution in [0.3, 0.4) is 0 Å². The fraction of sp³-hybridized carbons (Fsp3) is 0.513. The number of nitrogens with zero attached hydrogens (tertiary/aromatic N) is 1. The highest BCUT2D eigenvalue weighted by atomic mass is 35.5. The molecule has 12 heteroatoms. The van der Waals surface area contributed by atoms with E-state index in [9.17, 15) is 29.1 Å². The second-order valence-corrected chi connectivity index (χ2v) is 15.3. The molecule has 7 atom stereocenters. The van der Waals surface area contributed by atoms with Crippen LogP contribution >= 0.6 is 23.2 Å². The zero-order valence-corrected chi connectivity index (χ0v) is 31.3. The van der Waals surface area contributed by atoms with Gasteiger partial charge < -0.3 is 19.9 Å². The van der Waals surface area contributed by atoms with Crippen molar-refractivity contribution in [3.8, 4) is 5.69 Å². The summed E-state index contributed by atoms with van der Waals surface area (Å²) in [6, 6.07) is 9.41. The lowest BCUT2D eigenvalue weighted by molar-refractivity contribution is -0.185. The van der Waals surface area contributed by atoms with Gasteiger partial charge >= 0.3 is 11.9 Å². The van der Waals surface area contributed by atoms with Gasteiger partial charge in [0, 0.05) is 51.7 Å². The first-order valence-electron chi connectivity index (χ1n) is 17.1. The smallest absolute Gasteiger partial charge is 0.307 e. The van der Waals surface area contributed by atoms with Crippen molar-refractivity contribution in [2.45, 2.75) is 91.3 Å². The van der Waals surface area contributed by atoms with Gasteiger partial charge in [-0.2, -0.15) is 0 Å². The molecule has 3 saturated carbocycles. The highest BCUT2D eigenvalue weighted by Crippen LogP contribution is 2.69. The van der Waals surface area contributed by atoms with E-state index in [-0.39, 0.29) is 36.8 Å². The molecule has 0 unspecified atom stereocenters. The van der Waals surface area contributed by atoms with Crippen LogP contribution in [0, 0.1) is 42.4 Å². The van der Waals surface area contributed by atoms with E-state index in [1.54, 1.807) is 33.8 Å². The molecule has 1 heterocycles. The molecule has 4 aliphatic carbocycles. The third kappa shape index (κ3) is 6.75. The van der Waals surface area contributed by atoms with Crippen LogP contribution in [0.15, 0.2) is 54.1 Å². The summed E-state index contributed by atoms with van der Waals surface area (Å²) in [5, 5.41) is 28.7. The summed E-state index contributed by atoms with van der Waals surface area (Å²) in [6.07, 6.45) is 5.83. The molecule has 0 saturated heterocycles. The maximum absolute atomic E-state index is 16.8. The summed E-state index contributed by atoms with van der Waals surface area (Å²) in [5.41, 5.74) is -1.61. The number of benzene rings is 1. The molecule has 2 aromatic rings. The molecule has 9 nitrogen and oxygen atoms in total. The molecule has 0 spiro atoms. The van der Waals surface area contributed by atoms with Crippen LogP contribution in [0.1, 0.15) is 76.8 Å².